The molecule has 1 nitrogen and oxygen atoms in total. The molecule has 3 rings (SSSR count). The summed E-state index contributed by atoms with van der Waals surface area (Å²) in [7, 11) is 0. The predicted octanol–water partition coefficient (Wildman–Crippen LogP) is 2.71. The van der Waals surface area contributed by atoms with Gasteiger partial charge in [-0.25, -0.2) is 0 Å². The van der Waals surface area contributed by atoms with Crippen LogP contribution < -0.4 is 5.32 Å². The highest BCUT2D eigenvalue weighted by Gasteiger charge is 2.27. The van der Waals surface area contributed by atoms with Crippen molar-refractivity contribution in [3.8, 4) is 0 Å². The molecule has 0 aromatic rings. The minimum Gasteiger partial charge on any atom is -0.303 e. The number of fused-ring (bicyclic) bond motifs is 2. The zero-order valence-electron chi connectivity index (χ0n) is 8.50. The lowest BCUT2D eigenvalue weighted by Gasteiger charge is -2.36. The second kappa shape index (κ2) is 3.39. The van der Waals surface area contributed by atoms with Crippen molar-refractivity contribution in [3.05, 3.63) is 35.5 Å². The highest BCUT2D eigenvalue weighted by molar-refractivity contribution is 5.40. The van der Waals surface area contributed by atoms with Gasteiger partial charge in [0.15, 0.2) is 0 Å². The summed E-state index contributed by atoms with van der Waals surface area (Å²) in [5, 5.41) is 3.77. The van der Waals surface area contributed by atoms with Crippen molar-refractivity contribution in [3.63, 3.8) is 0 Å². The minimum absolute atomic E-state index is 0.604. The maximum absolute atomic E-state index is 3.77. The molecule has 3 aliphatic rings. The Morgan fingerprint density at radius 2 is 2.21 bits per heavy atom. The van der Waals surface area contributed by atoms with Gasteiger partial charge < -0.3 is 5.32 Å². The van der Waals surface area contributed by atoms with Crippen LogP contribution in [0.25, 0.3) is 0 Å². The molecule has 1 fully saturated rings. The third-order valence-corrected chi connectivity index (χ3v) is 3.61. The van der Waals surface area contributed by atoms with Crippen molar-refractivity contribution >= 4 is 0 Å². The average molecular weight is 187 g/mol. The summed E-state index contributed by atoms with van der Waals surface area (Å²) in [4.78, 5) is 0. The van der Waals surface area contributed by atoms with Crippen molar-refractivity contribution in [2.75, 3.05) is 0 Å². The second-order valence-electron chi connectivity index (χ2n) is 4.57. The molecule has 74 valence electrons. The van der Waals surface area contributed by atoms with Gasteiger partial charge in [0.25, 0.3) is 0 Å². The Morgan fingerprint density at radius 3 is 3.21 bits per heavy atom. The van der Waals surface area contributed by atoms with E-state index in [0.29, 0.717) is 12.1 Å². The van der Waals surface area contributed by atoms with Gasteiger partial charge in [-0.05, 0) is 31.3 Å². The Morgan fingerprint density at radius 1 is 1.21 bits per heavy atom. The molecule has 2 aliphatic carbocycles. The van der Waals surface area contributed by atoms with Crippen LogP contribution in [0, 0.1) is 0 Å². The molecule has 1 aliphatic heterocycles. The maximum Gasteiger partial charge on any atom is 0.0360 e. The molecule has 1 heteroatoms. The van der Waals surface area contributed by atoms with E-state index in [1.807, 2.05) is 0 Å². The molecule has 1 N–H and O–H groups in total. The lowest BCUT2D eigenvalue weighted by atomic mass is 9.82. The largest absolute Gasteiger partial charge is 0.303 e. The van der Waals surface area contributed by atoms with Gasteiger partial charge in [-0.1, -0.05) is 36.3 Å². The Hall–Kier alpha value is -0.820. The summed E-state index contributed by atoms with van der Waals surface area (Å²) in [6.07, 6.45) is 15.8. The SMILES string of the molecule is C1=CCC2NC3CCCCC3=CC2=C1. The molecule has 14 heavy (non-hydrogen) atoms. The summed E-state index contributed by atoms with van der Waals surface area (Å²) < 4.78 is 0. The Balaban J connectivity index is 1.92. The fraction of sp³-hybridized carbons (Fsp3) is 0.538. The molecule has 2 unspecified atom stereocenters. The van der Waals surface area contributed by atoms with E-state index in [4.69, 9.17) is 0 Å². The third-order valence-electron chi connectivity index (χ3n) is 3.61. The molecular weight excluding hydrogens is 170 g/mol. The van der Waals surface area contributed by atoms with Crippen molar-refractivity contribution in [2.45, 2.75) is 44.2 Å². The van der Waals surface area contributed by atoms with E-state index in [9.17, 15) is 0 Å². The predicted molar refractivity (Wildman–Crippen MR) is 59.1 cm³/mol. The molecule has 2 atom stereocenters. The maximum atomic E-state index is 3.77. The lowest BCUT2D eigenvalue weighted by molar-refractivity contribution is 0.407. The number of hydrogen-bond donors (Lipinski definition) is 1. The Kier molecular flexibility index (Phi) is 2.06. The number of nitrogens with one attached hydrogen (secondary N) is 1. The van der Waals surface area contributed by atoms with Crippen LogP contribution in [-0.4, -0.2) is 12.1 Å². The van der Waals surface area contributed by atoms with E-state index in [-0.39, 0.29) is 0 Å². The highest BCUT2D eigenvalue weighted by Crippen LogP contribution is 2.31. The van der Waals surface area contributed by atoms with Crippen LogP contribution in [0.3, 0.4) is 0 Å². The van der Waals surface area contributed by atoms with Gasteiger partial charge in [-0.15, -0.1) is 0 Å². The van der Waals surface area contributed by atoms with Crippen LogP contribution >= 0.6 is 0 Å². The van der Waals surface area contributed by atoms with Gasteiger partial charge >= 0.3 is 0 Å². The van der Waals surface area contributed by atoms with Crippen LogP contribution in [0.4, 0.5) is 0 Å². The standard InChI is InChI=1S/C13H17N/c1-3-7-12-10(5-1)9-11-6-2-4-8-13(11)14-12/h1,3,5,9,12-14H,2,4,6-8H2. The van der Waals surface area contributed by atoms with Crippen molar-refractivity contribution in [1.82, 2.24) is 5.32 Å². The fourth-order valence-electron chi connectivity index (χ4n) is 2.82. The van der Waals surface area contributed by atoms with Crippen LogP contribution in [0.5, 0.6) is 0 Å². The molecule has 0 aromatic heterocycles. The third kappa shape index (κ3) is 1.36. The molecule has 0 saturated heterocycles. The summed E-state index contributed by atoms with van der Waals surface area (Å²) in [5.74, 6) is 0. The quantitative estimate of drug-likeness (QED) is 0.615. The average Bonchev–Trinajstić information content (AvgIpc) is 2.26. The van der Waals surface area contributed by atoms with Gasteiger partial charge in [0, 0.05) is 12.1 Å². The van der Waals surface area contributed by atoms with E-state index in [1.165, 1.54) is 37.7 Å². The molecule has 0 radical (unpaired) electrons. The first-order valence-electron chi connectivity index (χ1n) is 5.77. The van der Waals surface area contributed by atoms with Crippen molar-refractivity contribution in [2.24, 2.45) is 0 Å². The molecule has 0 amide bonds. The van der Waals surface area contributed by atoms with Crippen LogP contribution in [-0.2, 0) is 0 Å². The highest BCUT2D eigenvalue weighted by atomic mass is 15.0. The zero-order valence-corrected chi connectivity index (χ0v) is 8.50. The molecule has 1 heterocycles. The fourth-order valence-corrected chi connectivity index (χ4v) is 2.82. The van der Waals surface area contributed by atoms with Gasteiger partial charge in [-0.2, -0.15) is 0 Å². The Bertz CT molecular complexity index is 322. The van der Waals surface area contributed by atoms with Crippen LogP contribution in [0.1, 0.15) is 32.1 Å². The monoisotopic (exact) mass is 187 g/mol. The summed E-state index contributed by atoms with van der Waals surface area (Å²) >= 11 is 0. The first-order valence-corrected chi connectivity index (χ1v) is 5.77. The summed E-state index contributed by atoms with van der Waals surface area (Å²) in [5.41, 5.74) is 3.15. The Labute approximate surface area is 85.6 Å². The molecular formula is C13H17N. The van der Waals surface area contributed by atoms with Gasteiger partial charge in [0.05, 0.1) is 0 Å². The normalized spacial score (nSPS) is 35.4. The number of hydrogen-bond acceptors (Lipinski definition) is 1. The van der Waals surface area contributed by atoms with E-state index < -0.39 is 0 Å². The number of rotatable bonds is 0. The van der Waals surface area contributed by atoms with Gasteiger partial charge in [-0.3, -0.25) is 0 Å². The smallest absolute Gasteiger partial charge is 0.0360 e. The van der Waals surface area contributed by atoms with Gasteiger partial charge in [0.1, 0.15) is 0 Å². The second-order valence-corrected chi connectivity index (χ2v) is 4.57. The topological polar surface area (TPSA) is 12.0 Å². The van der Waals surface area contributed by atoms with Gasteiger partial charge in [0.2, 0.25) is 0 Å². The van der Waals surface area contributed by atoms with E-state index in [2.05, 4.69) is 29.6 Å². The van der Waals surface area contributed by atoms with E-state index in [1.54, 1.807) is 5.57 Å². The van der Waals surface area contributed by atoms with E-state index in [0.717, 1.165) is 0 Å². The first-order chi connectivity index (χ1) is 6.93. The zero-order chi connectivity index (χ0) is 9.38. The minimum atomic E-state index is 0.604. The first kappa shape index (κ1) is 8.49. The molecule has 0 aromatic carbocycles. The van der Waals surface area contributed by atoms with Crippen LogP contribution in [0.15, 0.2) is 35.5 Å². The molecule has 0 bridgehead atoms. The summed E-state index contributed by atoms with van der Waals surface area (Å²) in [6, 6.07) is 1.30. The van der Waals surface area contributed by atoms with Crippen molar-refractivity contribution < 1.29 is 0 Å². The molecule has 0 spiro atoms. The van der Waals surface area contributed by atoms with E-state index >= 15 is 0 Å². The number of allylic oxidation sites excluding steroid dienone is 2. The molecule has 1 saturated carbocycles. The van der Waals surface area contributed by atoms with Crippen molar-refractivity contribution in [1.29, 1.82) is 0 Å². The van der Waals surface area contributed by atoms with Crippen LogP contribution in [0.2, 0.25) is 0 Å². The lowest BCUT2D eigenvalue weighted by Crippen LogP contribution is -2.45. The summed E-state index contributed by atoms with van der Waals surface area (Å²) in [6.45, 7) is 0.